The number of anilines is 1. The lowest BCUT2D eigenvalue weighted by Crippen LogP contribution is -2.13. The molecule has 31 heavy (non-hydrogen) atoms. The number of hydrogen-bond donors (Lipinski definition) is 1. The van der Waals surface area contributed by atoms with Crippen LogP contribution in [0.15, 0.2) is 53.6 Å². The second-order valence-corrected chi connectivity index (χ2v) is 9.14. The Kier molecular flexibility index (Phi) is 6.30. The largest absolute Gasteiger partial charge is 0.491 e. The molecule has 0 saturated carbocycles. The molecule has 1 aromatic heterocycles. The van der Waals surface area contributed by atoms with Crippen molar-refractivity contribution in [2.24, 2.45) is 7.05 Å². The lowest BCUT2D eigenvalue weighted by Gasteiger charge is -2.14. The van der Waals surface area contributed by atoms with Crippen molar-refractivity contribution < 1.29 is 27.1 Å². The van der Waals surface area contributed by atoms with Crippen LogP contribution in [0.4, 0.5) is 10.2 Å². The minimum atomic E-state index is -3.70. The van der Waals surface area contributed by atoms with E-state index in [4.69, 9.17) is 9.47 Å². The van der Waals surface area contributed by atoms with Crippen molar-refractivity contribution in [3.8, 4) is 17.2 Å². The summed E-state index contributed by atoms with van der Waals surface area (Å²) in [6.07, 6.45) is 2.45. The Balaban J connectivity index is 1.91. The minimum absolute atomic E-state index is 0.0719. The number of nitrogens with one attached hydrogen (secondary N) is 1. The Morgan fingerprint density at radius 2 is 1.81 bits per heavy atom. The number of aromatic nitrogens is 2. The van der Waals surface area contributed by atoms with Crippen LogP contribution >= 0.6 is 0 Å². The van der Waals surface area contributed by atoms with Crippen molar-refractivity contribution in [1.82, 2.24) is 9.78 Å². The van der Waals surface area contributed by atoms with Crippen LogP contribution in [0.1, 0.15) is 24.2 Å². The quantitative estimate of drug-likeness (QED) is 0.592. The minimum Gasteiger partial charge on any atom is -0.491 e. The second-order valence-electron chi connectivity index (χ2n) is 7.15. The summed E-state index contributed by atoms with van der Waals surface area (Å²) >= 11 is 0. The Hall–Kier alpha value is -3.40. The smallest absolute Gasteiger partial charge is 0.257 e. The molecule has 0 fully saturated rings. The SMILES string of the molecule is CC(C)Oc1cc(Oc2ccc(S(C)(=O)=O)c(F)c2)cc(C(=O)Nc2ccn(C)n2)c1. The van der Waals surface area contributed by atoms with Gasteiger partial charge in [-0.25, -0.2) is 12.8 Å². The van der Waals surface area contributed by atoms with E-state index in [1.807, 2.05) is 13.8 Å². The standard InChI is InChI=1S/C21H22FN3O5S/c1-13(2)29-16-9-14(21(26)23-20-7-8-25(3)24-20)10-17(11-16)30-15-5-6-19(18(22)12-15)31(4,27)28/h5-13H,1-4H3,(H,23,24,26). The third-order valence-electron chi connectivity index (χ3n) is 4.01. The third-order valence-corrected chi connectivity index (χ3v) is 5.14. The maximum atomic E-state index is 14.2. The zero-order valence-corrected chi connectivity index (χ0v) is 18.2. The highest BCUT2D eigenvalue weighted by molar-refractivity contribution is 7.90. The molecule has 1 heterocycles. The lowest BCUT2D eigenvalue weighted by atomic mass is 10.2. The van der Waals surface area contributed by atoms with Gasteiger partial charge in [-0.1, -0.05) is 0 Å². The van der Waals surface area contributed by atoms with E-state index in [0.717, 1.165) is 18.4 Å². The first-order chi connectivity index (χ1) is 14.5. The molecule has 1 amide bonds. The zero-order valence-electron chi connectivity index (χ0n) is 17.4. The fourth-order valence-electron chi connectivity index (χ4n) is 2.75. The Labute approximate surface area is 179 Å². The number of halogens is 1. The van der Waals surface area contributed by atoms with Crippen molar-refractivity contribution in [1.29, 1.82) is 0 Å². The van der Waals surface area contributed by atoms with E-state index in [0.29, 0.717) is 11.6 Å². The first-order valence-corrected chi connectivity index (χ1v) is 11.2. The molecule has 164 valence electrons. The monoisotopic (exact) mass is 447 g/mol. The molecule has 0 aliphatic carbocycles. The maximum Gasteiger partial charge on any atom is 0.257 e. The van der Waals surface area contributed by atoms with Gasteiger partial charge in [0.2, 0.25) is 0 Å². The summed E-state index contributed by atoms with van der Waals surface area (Å²) in [5, 5.41) is 6.78. The second kappa shape index (κ2) is 8.76. The average molecular weight is 447 g/mol. The van der Waals surface area contributed by atoms with Gasteiger partial charge >= 0.3 is 0 Å². The first-order valence-electron chi connectivity index (χ1n) is 9.31. The van der Waals surface area contributed by atoms with Gasteiger partial charge in [-0.3, -0.25) is 9.48 Å². The first kappa shape index (κ1) is 22.3. The molecule has 0 radical (unpaired) electrons. The van der Waals surface area contributed by atoms with Gasteiger partial charge in [0, 0.05) is 43.3 Å². The number of hydrogen-bond acceptors (Lipinski definition) is 6. The van der Waals surface area contributed by atoms with Gasteiger partial charge in [0.05, 0.1) is 6.10 Å². The highest BCUT2D eigenvalue weighted by atomic mass is 32.2. The fraction of sp³-hybridized carbons (Fsp3) is 0.238. The van der Waals surface area contributed by atoms with Crippen LogP contribution < -0.4 is 14.8 Å². The van der Waals surface area contributed by atoms with Crippen LogP contribution in [0.25, 0.3) is 0 Å². The van der Waals surface area contributed by atoms with Gasteiger partial charge in [-0.15, -0.1) is 0 Å². The summed E-state index contributed by atoms with van der Waals surface area (Å²) < 4.78 is 50.3. The highest BCUT2D eigenvalue weighted by Crippen LogP contribution is 2.30. The predicted octanol–water partition coefficient (Wildman–Crippen LogP) is 3.79. The molecule has 10 heteroatoms. The van der Waals surface area contributed by atoms with Crippen LogP contribution in [0.2, 0.25) is 0 Å². The predicted molar refractivity (Wildman–Crippen MR) is 113 cm³/mol. The number of aryl methyl sites for hydroxylation is 1. The zero-order chi connectivity index (χ0) is 22.8. The van der Waals surface area contributed by atoms with E-state index < -0.39 is 26.5 Å². The number of amides is 1. The van der Waals surface area contributed by atoms with Crippen molar-refractivity contribution in [2.75, 3.05) is 11.6 Å². The van der Waals surface area contributed by atoms with E-state index in [-0.39, 0.29) is 23.2 Å². The summed E-state index contributed by atoms with van der Waals surface area (Å²) in [6, 6.07) is 9.66. The van der Waals surface area contributed by atoms with Crippen LogP contribution in [-0.2, 0) is 16.9 Å². The lowest BCUT2D eigenvalue weighted by molar-refractivity contribution is 0.102. The van der Waals surface area contributed by atoms with Crippen LogP contribution in [0.5, 0.6) is 17.2 Å². The summed E-state index contributed by atoms with van der Waals surface area (Å²) in [7, 11) is -1.97. The highest BCUT2D eigenvalue weighted by Gasteiger charge is 2.16. The molecule has 0 bridgehead atoms. The molecule has 1 N–H and O–H groups in total. The van der Waals surface area contributed by atoms with Crippen LogP contribution in [-0.4, -0.2) is 36.5 Å². The van der Waals surface area contributed by atoms with Gasteiger partial charge in [0.25, 0.3) is 5.91 Å². The average Bonchev–Trinajstić information content (AvgIpc) is 3.04. The number of sulfone groups is 1. The molecule has 3 rings (SSSR count). The van der Waals surface area contributed by atoms with Gasteiger partial charge < -0.3 is 14.8 Å². The molecule has 0 saturated heterocycles. The summed E-state index contributed by atoms with van der Waals surface area (Å²) in [4.78, 5) is 12.3. The molecule has 0 aliphatic heterocycles. The number of ether oxygens (including phenoxy) is 2. The third kappa shape index (κ3) is 5.82. The topological polar surface area (TPSA) is 99.5 Å². The molecule has 8 nitrogen and oxygen atoms in total. The number of nitrogens with zero attached hydrogens (tertiary/aromatic N) is 2. The van der Waals surface area contributed by atoms with Crippen LogP contribution in [0.3, 0.4) is 0 Å². The number of carbonyl (C=O) groups is 1. The van der Waals surface area contributed by atoms with E-state index >= 15 is 0 Å². The fourth-order valence-corrected chi connectivity index (χ4v) is 3.48. The number of carbonyl (C=O) groups excluding carboxylic acids is 1. The molecular formula is C21H22FN3O5S. The van der Waals surface area contributed by atoms with Crippen molar-refractivity contribution in [2.45, 2.75) is 24.8 Å². The number of benzene rings is 2. The van der Waals surface area contributed by atoms with E-state index in [1.54, 1.807) is 36.1 Å². The molecule has 0 unspecified atom stereocenters. The van der Waals surface area contributed by atoms with Gasteiger partial charge in [0.15, 0.2) is 15.7 Å². The molecule has 0 aliphatic rings. The molecule has 0 atom stereocenters. The Bertz CT molecular complexity index is 1220. The summed E-state index contributed by atoms with van der Waals surface area (Å²) in [5.74, 6) is -0.312. The van der Waals surface area contributed by atoms with Crippen LogP contribution in [0, 0.1) is 5.82 Å². The maximum absolute atomic E-state index is 14.2. The molecular weight excluding hydrogens is 425 g/mol. The van der Waals surface area contributed by atoms with Crippen molar-refractivity contribution >= 4 is 21.6 Å². The van der Waals surface area contributed by atoms with Crippen molar-refractivity contribution in [3.63, 3.8) is 0 Å². The van der Waals surface area contributed by atoms with Gasteiger partial charge in [0.1, 0.15) is 28.0 Å². The van der Waals surface area contributed by atoms with Gasteiger partial charge in [-0.05, 0) is 38.1 Å². The molecule has 3 aromatic rings. The Morgan fingerprint density at radius 1 is 1.10 bits per heavy atom. The normalized spacial score (nSPS) is 11.4. The summed E-state index contributed by atoms with van der Waals surface area (Å²) in [5.41, 5.74) is 0.243. The van der Waals surface area contributed by atoms with E-state index in [9.17, 15) is 17.6 Å². The van der Waals surface area contributed by atoms with Crippen molar-refractivity contribution in [3.05, 3.63) is 60.0 Å². The van der Waals surface area contributed by atoms with Gasteiger partial charge in [-0.2, -0.15) is 5.10 Å². The number of rotatable bonds is 7. The molecule has 0 spiro atoms. The molecule has 2 aromatic carbocycles. The summed E-state index contributed by atoms with van der Waals surface area (Å²) in [6.45, 7) is 3.67. The van der Waals surface area contributed by atoms with E-state index in [2.05, 4.69) is 10.4 Å². The van der Waals surface area contributed by atoms with E-state index in [1.165, 1.54) is 12.1 Å². The Morgan fingerprint density at radius 3 is 2.39 bits per heavy atom.